The van der Waals surface area contributed by atoms with E-state index in [1.54, 1.807) is 12.1 Å². The van der Waals surface area contributed by atoms with Crippen LogP contribution in [0.5, 0.6) is 0 Å². The lowest BCUT2D eigenvalue weighted by atomic mass is 9.94. The molecule has 4 aromatic carbocycles. The van der Waals surface area contributed by atoms with Gasteiger partial charge in [-0.2, -0.15) is 0 Å². The zero-order valence-electron chi connectivity index (χ0n) is 23.8. The number of rotatable bonds is 6. The maximum atomic E-state index is 12.7. The highest BCUT2D eigenvalue weighted by atomic mass is 127. The summed E-state index contributed by atoms with van der Waals surface area (Å²) in [6.07, 6.45) is 0. The molecule has 0 fully saturated rings. The number of benzene rings is 4. The summed E-state index contributed by atoms with van der Waals surface area (Å²) in [4.78, 5) is 57.2. The zero-order valence-corrected chi connectivity index (χ0v) is 28.1. The van der Waals surface area contributed by atoms with Gasteiger partial charge in [-0.25, -0.2) is 0 Å². The smallest absolute Gasteiger partial charge is 0.261 e. The largest absolute Gasteiger partial charge is 0.308 e. The van der Waals surface area contributed by atoms with E-state index in [1.807, 2.05) is 86.5 Å². The van der Waals surface area contributed by atoms with Gasteiger partial charge in [0.05, 0.1) is 0 Å². The minimum absolute atomic E-state index is 0.191. The summed E-state index contributed by atoms with van der Waals surface area (Å²) in [5.74, 6) is -0.768. The number of nitrogens with zero attached hydrogens (tertiary/aromatic N) is 4. The quantitative estimate of drug-likeness (QED) is 0.198. The van der Waals surface area contributed by atoms with Gasteiger partial charge < -0.3 is 9.80 Å². The summed E-state index contributed by atoms with van der Waals surface area (Å²) in [7, 11) is 7.71. The molecule has 0 saturated heterocycles. The Bertz CT molecular complexity index is 1640. The second kappa shape index (κ2) is 12.3. The summed E-state index contributed by atoms with van der Waals surface area (Å²) in [5.41, 5.74) is 2.51. The molecule has 4 amide bonds. The van der Waals surface area contributed by atoms with Gasteiger partial charge in [-0.05, 0) is 121 Å². The Morgan fingerprint density at radius 1 is 0.548 bits per heavy atom. The number of likely N-dealkylation sites (N-methyl/N-ethyl adjacent to an activating group) is 2. The van der Waals surface area contributed by atoms with E-state index in [0.717, 1.165) is 28.7 Å². The van der Waals surface area contributed by atoms with Crippen molar-refractivity contribution in [2.45, 2.75) is 0 Å². The molecule has 42 heavy (non-hydrogen) atoms. The molecular formula is C32H30I2N4O4. The molecule has 8 nitrogen and oxygen atoms in total. The lowest BCUT2D eigenvalue weighted by Crippen LogP contribution is -2.43. The first-order chi connectivity index (χ1) is 20.0. The fraction of sp³-hybridized carbons (Fsp3) is 0.250. The van der Waals surface area contributed by atoms with Crippen LogP contribution in [0.3, 0.4) is 0 Å². The van der Waals surface area contributed by atoms with Crippen LogP contribution in [0.25, 0.3) is 21.5 Å². The molecule has 0 spiro atoms. The molecule has 0 atom stereocenters. The Kier molecular flexibility index (Phi) is 8.97. The first kappa shape index (κ1) is 30.5. The second-order valence-electron chi connectivity index (χ2n) is 10.8. The van der Waals surface area contributed by atoms with Crippen molar-refractivity contribution in [2.75, 3.05) is 54.4 Å². The molecule has 2 aliphatic heterocycles. The van der Waals surface area contributed by atoms with Gasteiger partial charge in [0, 0.05) is 66.3 Å². The summed E-state index contributed by atoms with van der Waals surface area (Å²) in [6, 6.07) is 19.0. The molecule has 0 aliphatic carbocycles. The number of hydrogen-bond donors (Lipinski definition) is 0. The number of amides is 4. The van der Waals surface area contributed by atoms with Crippen molar-refractivity contribution in [3.05, 3.63) is 90.1 Å². The number of carbonyl (C=O) groups is 4. The summed E-state index contributed by atoms with van der Waals surface area (Å²) in [6.45, 7) is 2.14. The van der Waals surface area contributed by atoms with Gasteiger partial charge in [0.2, 0.25) is 0 Å². The number of carbonyl (C=O) groups excluding carboxylic acids is 4. The molecule has 216 valence electrons. The van der Waals surface area contributed by atoms with E-state index < -0.39 is 0 Å². The molecule has 0 bridgehead atoms. The lowest BCUT2D eigenvalue weighted by molar-refractivity contribution is 0.0585. The van der Waals surface area contributed by atoms with Crippen LogP contribution in [0.4, 0.5) is 0 Å². The molecule has 2 aliphatic rings. The molecule has 0 N–H and O–H groups in total. The lowest BCUT2D eigenvalue weighted by Gasteiger charge is -2.28. The van der Waals surface area contributed by atoms with Crippen LogP contribution in [-0.4, -0.2) is 97.6 Å². The predicted molar refractivity (Wildman–Crippen MR) is 181 cm³/mol. The minimum atomic E-state index is -0.193. The number of halogens is 2. The van der Waals surface area contributed by atoms with Gasteiger partial charge in [-0.15, -0.1) is 0 Å². The van der Waals surface area contributed by atoms with Gasteiger partial charge >= 0.3 is 0 Å². The molecule has 2 heterocycles. The van der Waals surface area contributed by atoms with Crippen LogP contribution in [-0.2, 0) is 0 Å². The third-order valence-electron chi connectivity index (χ3n) is 7.33. The molecule has 6 rings (SSSR count). The molecule has 4 aromatic rings. The monoisotopic (exact) mass is 788 g/mol. The predicted octanol–water partition coefficient (Wildman–Crippen LogP) is 5.20. The highest BCUT2D eigenvalue weighted by molar-refractivity contribution is 14.1. The fourth-order valence-electron chi connectivity index (χ4n) is 5.25. The second-order valence-corrected chi connectivity index (χ2v) is 13.3. The van der Waals surface area contributed by atoms with Crippen LogP contribution in [0, 0.1) is 7.14 Å². The normalized spacial score (nSPS) is 14.4. The van der Waals surface area contributed by atoms with Crippen molar-refractivity contribution in [3.63, 3.8) is 0 Å². The summed E-state index contributed by atoms with van der Waals surface area (Å²) >= 11 is 4.41. The van der Waals surface area contributed by atoms with E-state index in [4.69, 9.17) is 0 Å². The van der Waals surface area contributed by atoms with Crippen LogP contribution in [0.15, 0.2) is 60.7 Å². The van der Waals surface area contributed by atoms with Crippen molar-refractivity contribution in [3.8, 4) is 0 Å². The number of imide groups is 2. The average Bonchev–Trinajstić information content (AvgIpc) is 2.94. The highest BCUT2D eigenvalue weighted by Gasteiger charge is 2.34. The Labute approximate surface area is 271 Å². The van der Waals surface area contributed by atoms with Gasteiger partial charge in [-0.3, -0.25) is 29.0 Å². The van der Waals surface area contributed by atoms with E-state index in [0.29, 0.717) is 48.4 Å². The van der Waals surface area contributed by atoms with Crippen molar-refractivity contribution in [2.24, 2.45) is 0 Å². The van der Waals surface area contributed by atoms with Crippen LogP contribution in [0.2, 0.25) is 0 Å². The highest BCUT2D eigenvalue weighted by Crippen LogP contribution is 2.33. The van der Waals surface area contributed by atoms with Gasteiger partial charge in [0.1, 0.15) is 0 Å². The van der Waals surface area contributed by atoms with E-state index >= 15 is 0 Å². The first-order valence-electron chi connectivity index (χ1n) is 13.4. The molecule has 0 radical (unpaired) electrons. The molecular weight excluding hydrogens is 758 g/mol. The Balaban J connectivity index is 0.000000168. The third kappa shape index (κ3) is 5.81. The van der Waals surface area contributed by atoms with Gasteiger partial charge in [0.25, 0.3) is 23.6 Å². The van der Waals surface area contributed by atoms with Crippen molar-refractivity contribution >= 4 is 90.4 Å². The SMILES string of the molecule is CN(C)CCN1C(=O)c2cccc3cc(I)cc(c23)C1=O.CN(C)CCN1C(=O)c2cccc3cc(I)cc(c23)C1=O. The van der Waals surface area contributed by atoms with Crippen LogP contribution < -0.4 is 0 Å². The minimum Gasteiger partial charge on any atom is -0.308 e. The van der Waals surface area contributed by atoms with Crippen molar-refractivity contribution in [1.82, 2.24) is 19.6 Å². The molecule has 0 unspecified atom stereocenters. The van der Waals surface area contributed by atoms with E-state index in [1.165, 1.54) is 9.80 Å². The third-order valence-corrected chi connectivity index (χ3v) is 8.57. The Morgan fingerprint density at radius 3 is 1.26 bits per heavy atom. The van der Waals surface area contributed by atoms with E-state index in [2.05, 4.69) is 45.2 Å². The maximum absolute atomic E-state index is 12.7. The Morgan fingerprint density at radius 2 is 0.905 bits per heavy atom. The van der Waals surface area contributed by atoms with Crippen LogP contribution in [0.1, 0.15) is 41.4 Å². The molecule has 0 aromatic heterocycles. The topological polar surface area (TPSA) is 81.2 Å². The van der Waals surface area contributed by atoms with E-state index in [9.17, 15) is 19.2 Å². The molecule has 0 saturated carbocycles. The average molecular weight is 788 g/mol. The van der Waals surface area contributed by atoms with Crippen molar-refractivity contribution < 1.29 is 19.2 Å². The standard InChI is InChI=1S/2C16H15IN2O2/c2*1-18(2)6-7-19-15(20)12-5-3-4-10-8-11(17)9-13(14(10)12)16(19)21/h2*3-5,8-9H,6-7H2,1-2H3. The summed E-state index contributed by atoms with van der Waals surface area (Å²) < 4.78 is 2.00. The van der Waals surface area contributed by atoms with Crippen LogP contribution >= 0.6 is 45.2 Å². The summed E-state index contributed by atoms with van der Waals surface area (Å²) in [5, 5.41) is 3.47. The van der Waals surface area contributed by atoms with Gasteiger partial charge in [-0.1, -0.05) is 24.3 Å². The fourth-order valence-corrected chi connectivity index (χ4v) is 6.54. The van der Waals surface area contributed by atoms with E-state index in [-0.39, 0.29) is 23.6 Å². The maximum Gasteiger partial charge on any atom is 0.261 e. The zero-order chi connectivity index (χ0) is 30.3. The molecule has 10 heteroatoms. The number of hydrogen-bond acceptors (Lipinski definition) is 6. The van der Waals surface area contributed by atoms with Gasteiger partial charge in [0.15, 0.2) is 0 Å². The first-order valence-corrected chi connectivity index (χ1v) is 15.6. The Hall–Kier alpha value is -2.94. The van der Waals surface area contributed by atoms with Crippen molar-refractivity contribution in [1.29, 1.82) is 0 Å².